The van der Waals surface area contributed by atoms with Crippen molar-refractivity contribution in [3.63, 3.8) is 0 Å². The number of rotatable bonds is 4. The fourth-order valence-corrected chi connectivity index (χ4v) is 1.90. The molecule has 0 saturated heterocycles. The summed E-state index contributed by atoms with van der Waals surface area (Å²) in [5, 5.41) is 14.3. The lowest BCUT2D eigenvalue weighted by Gasteiger charge is -2.11. The Labute approximate surface area is 120 Å². The van der Waals surface area contributed by atoms with Gasteiger partial charge < -0.3 is 16.3 Å². The molecule has 0 saturated carbocycles. The minimum Gasteiger partial charge on any atom is -0.409 e. The molecule has 0 amide bonds. The van der Waals surface area contributed by atoms with Gasteiger partial charge in [0.25, 0.3) is 0 Å². The van der Waals surface area contributed by atoms with Crippen molar-refractivity contribution < 1.29 is 14.0 Å². The van der Waals surface area contributed by atoms with Crippen LogP contribution in [0.25, 0.3) is 0 Å². The van der Waals surface area contributed by atoms with Crippen molar-refractivity contribution in [3.8, 4) is 0 Å². The molecule has 0 aliphatic rings. The average Bonchev–Trinajstić information content (AvgIpc) is 2.49. The lowest BCUT2D eigenvalue weighted by molar-refractivity contribution is 0.318. The first-order valence-electron chi connectivity index (χ1n) is 6.28. The van der Waals surface area contributed by atoms with Crippen LogP contribution in [0.1, 0.15) is 16.7 Å². The van der Waals surface area contributed by atoms with Crippen LogP contribution in [0.5, 0.6) is 0 Å². The third kappa shape index (κ3) is 3.28. The Bertz CT molecular complexity index is 687. The van der Waals surface area contributed by atoms with E-state index in [2.05, 4.69) is 10.5 Å². The Kier molecular flexibility index (Phi) is 4.37. The maximum absolute atomic E-state index is 13.9. The molecule has 0 atom stereocenters. The summed E-state index contributed by atoms with van der Waals surface area (Å²) < 4.78 is 27.3. The predicted octanol–water partition coefficient (Wildman–Crippen LogP) is 2.98. The molecule has 4 N–H and O–H groups in total. The van der Waals surface area contributed by atoms with E-state index in [9.17, 15) is 8.78 Å². The average molecular weight is 291 g/mol. The quantitative estimate of drug-likeness (QED) is 0.351. The summed E-state index contributed by atoms with van der Waals surface area (Å²) in [5.41, 5.74) is 7.16. The van der Waals surface area contributed by atoms with Gasteiger partial charge in [0, 0.05) is 28.9 Å². The van der Waals surface area contributed by atoms with E-state index in [1.807, 2.05) is 0 Å². The molecule has 4 nitrogen and oxygen atoms in total. The number of nitrogens with two attached hydrogens (primary N) is 1. The number of halogens is 2. The summed E-state index contributed by atoms with van der Waals surface area (Å²) in [4.78, 5) is 0. The molecular formula is C15H15F2N3O. The van der Waals surface area contributed by atoms with Crippen LogP contribution in [0, 0.1) is 18.6 Å². The van der Waals surface area contributed by atoms with Crippen molar-refractivity contribution >= 4 is 11.5 Å². The van der Waals surface area contributed by atoms with Gasteiger partial charge in [-0.1, -0.05) is 23.4 Å². The zero-order valence-corrected chi connectivity index (χ0v) is 11.4. The van der Waals surface area contributed by atoms with Gasteiger partial charge in [-0.15, -0.1) is 0 Å². The molecule has 0 radical (unpaired) electrons. The third-order valence-corrected chi connectivity index (χ3v) is 3.19. The number of nitrogens with one attached hydrogen (secondary N) is 1. The molecule has 0 heterocycles. The minimum absolute atomic E-state index is 0.158. The fourth-order valence-electron chi connectivity index (χ4n) is 1.90. The SMILES string of the molecule is Cc1c(F)cccc1NCc1ccc(C(N)=NO)cc1F. The van der Waals surface area contributed by atoms with E-state index in [4.69, 9.17) is 10.9 Å². The second kappa shape index (κ2) is 6.21. The van der Waals surface area contributed by atoms with Crippen molar-refractivity contribution in [1.82, 2.24) is 0 Å². The monoisotopic (exact) mass is 291 g/mol. The van der Waals surface area contributed by atoms with E-state index in [0.717, 1.165) is 0 Å². The van der Waals surface area contributed by atoms with Gasteiger partial charge >= 0.3 is 0 Å². The van der Waals surface area contributed by atoms with E-state index < -0.39 is 5.82 Å². The van der Waals surface area contributed by atoms with Gasteiger partial charge in [-0.05, 0) is 25.1 Å². The van der Waals surface area contributed by atoms with E-state index >= 15 is 0 Å². The Morgan fingerprint density at radius 2 is 2.00 bits per heavy atom. The number of anilines is 1. The number of oxime groups is 1. The number of amidine groups is 1. The van der Waals surface area contributed by atoms with Gasteiger partial charge in [-0.3, -0.25) is 0 Å². The molecule has 0 spiro atoms. The first kappa shape index (κ1) is 14.8. The summed E-state index contributed by atoms with van der Waals surface area (Å²) in [6, 6.07) is 8.94. The molecule has 0 bridgehead atoms. The minimum atomic E-state index is -0.486. The van der Waals surface area contributed by atoms with Crippen LogP contribution in [0.4, 0.5) is 14.5 Å². The molecule has 0 aromatic heterocycles. The highest BCUT2D eigenvalue weighted by Crippen LogP contribution is 2.19. The van der Waals surface area contributed by atoms with Gasteiger partial charge in [0.1, 0.15) is 11.6 Å². The van der Waals surface area contributed by atoms with Crippen LogP contribution >= 0.6 is 0 Å². The lowest BCUT2D eigenvalue weighted by Crippen LogP contribution is -2.14. The normalized spacial score (nSPS) is 11.5. The lowest BCUT2D eigenvalue weighted by atomic mass is 10.1. The molecule has 6 heteroatoms. The zero-order chi connectivity index (χ0) is 15.4. The smallest absolute Gasteiger partial charge is 0.170 e. The van der Waals surface area contributed by atoms with Crippen LogP contribution in [0.3, 0.4) is 0 Å². The second-order valence-corrected chi connectivity index (χ2v) is 4.56. The van der Waals surface area contributed by atoms with Crippen LogP contribution in [-0.4, -0.2) is 11.0 Å². The zero-order valence-electron chi connectivity index (χ0n) is 11.4. The third-order valence-electron chi connectivity index (χ3n) is 3.19. The summed E-state index contributed by atoms with van der Waals surface area (Å²) in [5.74, 6) is -0.960. The maximum Gasteiger partial charge on any atom is 0.170 e. The van der Waals surface area contributed by atoms with Crippen molar-refractivity contribution in [2.24, 2.45) is 10.9 Å². The summed E-state index contributed by atoms with van der Waals surface area (Å²) >= 11 is 0. The summed E-state index contributed by atoms with van der Waals surface area (Å²) in [7, 11) is 0. The molecule has 110 valence electrons. The van der Waals surface area contributed by atoms with Gasteiger partial charge in [0.15, 0.2) is 5.84 Å². The van der Waals surface area contributed by atoms with Crippen molar-refractivity contribution in [2.45, 2.75) is 13.5 Å². The number of nitrogens with zero attached hydrogens (tertiary/aromatic N) is 1. The van der Waals surface area contributed by atoms with Crippen molar-refractivity contribution in [1.29, 1.82) is 0 Å². The van der Waals surface area contributed by atoms with Gasteiger partial charge in [-0.25, -0.2) is 8.78 Å². The van der Waals surface area contributed by atoms with Crippen LogP contribution < -0.4 is 11.1 Å². The highest BCUT2D eigenvalue weighted by Gasteiger charge is 2.08. The Hall–Kier alpha value is -2.63. The molecule has 2 rings (SSSR count). The van der Waals surface area contributed by atoms with Crippen molar-refractivity contribution in [2.75, 3.05) is 5.32 Å². The van der Waals surface area contributed by atoms with Crippen LogP contribution in [0.15, 0.2) is 41.6 Å². The molecule has 0 aliphatic heterocycles. The largest absolute Gasteiger partial charge is 0.409 e. The van der Waals surface area contributed by atoms with Gasteiger partial charge in [0.05, 0.1) is 0 Å². The summed E-state index contributed by atoms with van der Waals surface area (Å²) in [6.45, 7) is 1.85. The fraction of sp³-hybridized carbons (Fsp3) is 0.133. The first-order valence-corrected chi connectivity index (χ1v) is 6.28. The highest BCUT2D eigenvalue weighted by atomic mass is 19.1. The molecular weight excluding hydrogens is 276 g/mol. The molecule has 0 fully saturated rings. The van der Waals surface area contributed by atoms with Gasteiger partial charge in [0.2, 0.25) is 0 Å². The maximum atomic E-state index is 13.9. The topological polar surface area (TPSA) is 70.6 Å². The highest BCUT2D eigenvalue weighted by molar-refractivity contribution is 5.97. The van der Waals surface area contributed by atoms with Crippen LogP contribution in [-0.2, 0) is 6.54 Å². The summed E-state index contributed by atoms with van der Waals surface area (Å²) in [6.07, 6.45) is 0. The predicted molar refractivity (Wildman–Crippen MR) is 77.4 cm³/mol. The molecule has 0 aliphatic carbocycles. The van der Waals surface area contributed by atoms with E-state index in [0.29, 0.717) is 22.4 Å². The Balaban J connectivity index is 2.15. The van der Waals surface area contributed by atoms with E-state index in [-0.39, 0.29) is 18.2 Å². The van der Waals surface area contributed by atoms with E-state index in [1.54, 1.807) is 25.1 Å². The standard InChI is InChI=1S/C15H15F2N3O/c1-9-12(16)3-2-4-14(9)19-8-11-6-5-10(7-13(11)17)15(18)20-21/h2-7,19,21H,8H2,1H3,(H2,18,20). The number of hydrogen-bond donors (Lipinski definition) is 3. The molecule has 2 aromatic rings. The first-order chi connectivity index (χ1) is 10.0. The molecule has 21 heavy (non-hydrogen) atoms. The molecule has 0 unspecified atom stereocenters. The Morgan fingerprint density at radius 3 is 2.67 bits per heavy atom. The van der Waals surface area contributed by atoms with Gasteiger partial charge in [-0.2, -0.15) is 0 Å². The second-order valence-electron chi connectivity index (χ2n) is 4.56. The number of hydrogen-bond acceptors (Lipinski definition) is 3. The molecule has 2 aromatic carbocycles. The van der Waals surface area contributed by atoms with Crippen molar-refractivity contribution in [3.05, 3.63) is 64.7 Å². The number of benzene rings is 2. The van der Waals surface area contributed by atoms with E-state index in [1.165, 1.54) is 18.2 Å². The van der Waals surface area contributed by atoms with Crippen LogP contribution in [0.2, 0.25) is 0 Å². The Morgan fingerprint density at radius 1 is 1.24 bits per heavy atom.